The molecular formula is C15H16BrIN2O. The van der Waals surface area contributed by atoms with Crippen molar-refractivity contribution < 1.29 is 0 Å². The molecule has 1 heterocycles. The van der Waals surface area contributed by atoms with Gasteiger partial charge in [-0.1, -0.05) is 41.9 Å². The largest absolute Gasteiger partial charge is 0.309 e. The standard InChI is InChI=1S/C15H16BrIN2O/c1-9(2)7-12-14(17)15(20)19-13(18-12)8-10-3-5-11(16)6-4-10/h3-6,9H,7-8H2,1-2H3,(H,18,19,20). The van der Waals surface area contributed by atoms with Crippen molar-refractivity contribution in [2.45, 2.75) is 26.7 Å². The van der Waals surface area contributed by atoms with E-state index in [1.807, 2.05) is 24.3 Å². The second-order valence-corrected chi connectivity index (χ2v) is 7.17. The zero-order chi connectivity index (χ0) is 14.7. The second-order valence-electron chi connectivity index (χ2n) is 5.17. The maximum absolute atomic E-state index is 12.0. The number of hydrogen-bond donors (Lipinski definition) is 1. The molecule has 1 aromatic carbocycles. The first-order chi connectivity index (χ1) is 9.45. The summed E-state index contributed by atoms with van der Waals surface area (Å²) >= 11 is 5.49. The summed E-state index contributed by atoms with van der Waals surface area (Å²) in [6.07, 6.45) is 1.47. The molecule has 0 saturated heterocycles. The summed E-state index contributed by atoms with van der Waals surface area (Å²) in [6.45, 7) is 4.26. The minimum atomic E-state index is -0.0386. The number of nitrogens with one attached hydrogen (secondary N) is 1. The molecule has 0 aliphatic heterocycles. The Hall–Kier alpha value is -0.690. The molecule has 0 bridgehead atoms. The number of rotatable bonds is 4. The predicted octanol–water partition coefficient (Wildman–Crippen LogP) is 3.93. The predicted molar refractivity (Wildman–Crippen MR) is 93.1 cm³/mol. The van der Waals surface area contributed by atoms with Gasteiger partial charge in [-0.25, -0.2) is 4.98 Å². The highest BCUT2D eigenvalue weighted by Gasteiger charge is 2.11. The van der Waals surface area contributed by atoms with E-state index in [4.69, 9.17) is 0 Å². The van der Waals surface area contributed by atoms with Crippen LogP contribution < -0.4 is 5.56 Å². The van der Waals surface area contributed by atoms with Gasteiger partial charge in [-0.15, -0.1) is 0 Å². The minimum Gasteiger partial charge on any atom is -0.309 e. The summed E-state index contributed by atoms with van der Waals surface area (Å²) in [7, 11) is 0. The van der Waals surface area contributed by atoms with Crippen molar-refractivity contribution in [2.75, 3.05) is 0 Å². The van der Waals surface area contributed by atoms with Gasteiger partial charge in [-0.05, 0) is 52.6 Å². The molecule has 0 atom stereocenters. The Bertz CT molecular complexity index is 650. The van der Waals surface area contributed by atoms with Crippen molar-refractivity contribution in [3.8, 4) is 0 Å². The number of aromatic nitrogens is 2. The minimum absolute atomic E-state index is 0.0386. The summed E-state index contributed by atoms with van der Waals surface area (Å²) in [5, 5.41) is 0. The zero-order valence-corrected chi connectivity index (χ0v) is 15.2. The maximum atomic E-state index is 12.0. The Morgan fingerprint density at radius 3 is 2.55 bits per heavy atom. The van der Waals surface area contributed by atoms with E-state index < -0.39 is 0 Å². The lowest BCUT2D eigenvalue weighted by molar-refractivity contribution is 0.626. The number of nitrogens with zero attached hydrogens (tertiary/aromatic N) is 1. The van der Waals surface area contributed by atoms with Crippen molar-refractivity contribution >= 4 is 38.5 Å². The van der Waals surface area contributed by atoms with Crippen molar-refractivity contribution in [1.82, 2.24) is 9.97 Å². The van der Waals surface area contributed by atoms with Gasteiger partial charge < -0.3 is 4.98 Å². The summed E-state index contributed by atoms with van der Waals surface area (Å²) in [6, 6.07) is 8.05. The van der Waals surface area contributed by atoms with Crippen LogP contribution in [0.5, 0.6) is 0 Å². The molecule has 5 heteroatoms. The third-order valence-corrected chi connectivity index (χ3v) is 4.51. The first kappa shape index (κ1) is 15.7. The number of H-pyrrole nitrogens is 1. The van der Waals surface area contributed by atoms with E-state index >= 15 is 0 Å². The Morgan fingerprint density at radius 2 is 1.95 bits per heavy atom. The van der Waals surface area contributed by atoms with Gasteiger partial charge in [-0.2, -0.15) is 0 Å². The third kappa shape index (κ3) is 4.15. The normalized spacial score (nSPS) is 11.1. The van der Waals surface area contributed by atoms with Gasteiger partial charge in [0, 0.05) is 10.9 Å². The van der Waals surface area contributed by atoms with E-state index in [1.54, 1.807) is 0 Å². The molecule has 2 aromatic rings. The van der Waals surface area contributed by atoms with Crippen LogP contribution in [0, 0.1) is 9.49 Å². The van der Waals surface area contributed by atoms with Gasteiger partial charge in [0.15, 0.2) is 0 Å². The van der Waals surface area contributed by atoms with E-state index in [9.17, 15) is 4.79 Å². The summed E-state index contributed by atoms with van der Waals surface area (Å²) < 4.78 is 1.75. The van der Waals surface area contributed by atoms with Crippen molar-refractivity contribution in [3.05, 3.63) is 59.7 Å². The monoisotopic (exact) mass is 446 g/mol. The average molecular weight is 447 g/mol. The molecule has 0 spiro atoms. The summed E-state index contributed by atoms with van der Waals surface area (Å²) in [5.74, 6) is 1.21. The van der Waals surface area contributed by atoms with E-state index in [-0.39, 0.29) is 5.56 Å². The molecule has 0 fully saturated rings. The SMILES string of the molecule is CC(C)Cc1nc(Cc2ccc(Br)cc2)[nH]c(=O)c1I. The lowest BCUT2D eigenvalue weighted by atomic mass is 10.1. The fourth-order valence-corrected chi connectivity index (χ4v) is 2.70. The Labute approximate surface area is 140 Å². The maximum Gasteiger partial charge on any atom is 0.264 e. The van der Waals surface area contributed by atoms with Crippen LogP contribution in [0.15, 0.2) is 33.5 Å². The Kier molecular flexibility index (Phi) is 5.37. The van der Waals surface area contributed by atoms with Crippen LogP contribution in [0.4, 0.5) is 0 Å². The van der Waals surface area contributed by atoms with E-state index in [0.717, 1.165) is 28.0 Å². The van der Waals surface area contributed by atoms with Gasteiger partial charge in [0.1, 0.15) is 5.82 Å². The molecule has 0 unspecified atom stereocenters. The zero-order valence-electron chi connectivity index (χ0n) is 11.4. The van der Waals surface area contributed by atoms with Crippen LogP contribution in [0.2, 0.25) is 0 Å². The second kappa shape index (κ2) is 6.85. The molecule has 0 aliphatic rings. The number of benzene rings is 1. The van der Waals surface area contributed by atoms with Gasteiger partial charge in [0.05, 0.1) is 9.26 Å². The Balaban J connectivity index is 2.30. The van der Waals surface area contributed by atoms with E-state index in [1.165, 1.54) is 0 Å². The Morgan fingerprint density at radius 1 is 1.30 bits per heavy atom. The highest BCUT2D eigenvalue weighted by molar-refractivity contribution is 14.1. The average Bonchev–Trinajstić information content (AvgIpc) is 2.37. The highest BCUT2D eigenvalue weighted by atomic mass is 127. The van der Waals surface area contributed by atoms with Crippen LogP contribution in [-0.4, -0.2) is 9.97 Å². The summed E-state index contributed by atoms with van der Waals surface area (Å²) in [4.78, 5) is 19.5. The quantitative estimate of drug-likeness (QED) is 0.723. The number of hydrogen-bond acceptors (Lipinski definition) is 2. The summed E-state index contributed by atoms with van der Waals surface area (Å²) in [5.41, 5.74) is 1.99. The lowest BCUT2D eigenvalue weighted by Gasteiger charge is -2.09. The fraction of sp³-hybridized carbons (Fsp3) is 0.333. The van der Waals surface area contributed by atoms with Gasteiger partial charge in [0.2, 0.25) is 0 Å². The lowest BCUT2D eigenvalue weighted by Crippen LogP contribution is -2.19. The molecule has 0 amide bonds. The third-order valence-electron chi connectivity index (χ3n) is 2.87. The van der Waals surface area contributed by atoms with Crippen LogP contribution in [0.3, 0.4) is 0 Å². The van der Waals surface area contributed by atoms with E-state index in [0.29, 0.717) is 15.9 Å². The molecule has 2 rings (SSSR count). The molecule has 0 radical (unpaired) electrons. The number of halogens is 2. The topological polar surface area (TPSA) is 45.8 Å². The van der Waals surface area contributed by atoms with Crippen molar-refractivity contribution in [1.29, 1.82) is 0 Å². The van der Waals surface area contributed by atoms with Crippen LogP contribution >= 0.6 is 38.5 Å². The van der Waals surface area contributed by atoms with Crippen LogP contribution in [-0.2, 0) is 12.8 Å². The fourth-order valence-electron chi connectivity index (χ4n) is 1.96. The van der Waals surface area contributed by atoms with E-state index in [2.05, 4.69) is 62.3 Å². The van der Waals surface area contributed by atoms with Gasteiger partial charge in [0.25, 0.3) is 5.56 Å². The highest BCUT2D eigenvalue weighted by Crippen LogP contribution is 2.14. The van der Waals surface area contributed by atoms with Crippen molar-refractivity contribution in [2.24, 2.45) is 5.92 Å². The van der Waals surface area contributed by atoms with Crippen LogP contribution in [0.1, 0.15) is 30.9 Å². The molecule has 20 heavy (non-hydrogen) atoms. The number of aromatic amines is 1. The molecule has 1 aromatic heterocycles. The molecule has 106 valence electrons. The molecule has 0 aliphatic carbocycles. The molecule has 0 saturated carbocycles. The molecule has 1 N–H and O–H groups in total. The van der Waals surface area contributed by atoms with Crippen molar-refractivity contribution in [3.63, 3.8) is 0 Å². The first-order valence-corrected chi connectivity index (χ1v) is 8.35. The molecule has 3 nitrogen and oxygen atoms in total. The van der Waals surface area contributed by atoms with Gasteiger partial charge >= 0.3 is 0 Å². The molecular weight excluding hydrogens is 431 g/mol. The smallest absolute Gasteiger partial charge is 0.264 e. The first-order valence-electron chi connectivity index (χ1n) is 6.47. The van der Waals surface area contributed by atoms with Crippen LogP contribution in [0.25, 0.3) is 0 Å². The van der Waals surface area contributed by atoms with Gasteiger partial charge in [-0.3, -0.25) is 4.79 Å².